The molecule has 0 saturated heterocycles. The highest BCUT2D eigenvalue weighted by Crippen LogP contribution is 2.18. The molecule has 0 aliphatic heterocycles. The van der Waals surface area contributed by atoms with Crippen LogP contribution in [0.4, 0.5) is 5.69 Å². The number of carbonyl (C=O) groups is 1. The number of amides is 1. The van der Waals surface area contributed by atoms with Gasteiger partial charge in [-0.3, -0.25) is 4.79 Å². The number of para-hydroxylation sites is 1. The number of aromatic nitrogens is 1. The maximum atomic E-state index is 12.0. The Balaban J connectivity index is 2.18. The molecule has 1 aromatic heterocycles. The van der Waals surface area contributed by atoms with E-state index in [0.717, 1.165) is 16.4 Å². The van der Waals surface area contributed by atoms with Crippen LogP contribution in [0.1, 0.15) is 10.7 Å². The van der Waals surface area contributed by atoms with E-state index in [1.807, 2.05) is 42.6 Å². The van der Waals surface area contributed by atoms with Crippen molar-refractivity contribution < 1.29 is 4.79 Å². The third kappa shape index (κ3) is 3.81. The Kier molecular flexibility index (Phi) is 4.74. The lowest BCUT2D eigenvalue weighted by atomic mass is 10.2. The van der Waals surface area contributed by atoms with Crippen molar-refractivity contribution in [2.75, 3.05) is 25.5 Å². The summed E-state index contributed by atoms with van der Waals surface area (Å²) in [7, 11) is 3.55. The van der Waals surface area contributed by atoms with Crippen LogP contribution in [-0.4, -0.2) is 36.4 Å². The quantitative estimate of drug-likeness (QED) is 0.849. The van der Waals surface area contributed by atoms with E-state index >= 15 is 0 Å². The van der Waals surface area contributed by atoms with Crippen molar-refractivity contribution in [2.45, 2.75) is 13.5 Å². The molecule has 0 saturated carbocycles. The van der Waals surface area contributed by atoms with E-state index in [4.69, 9.17) is 0 Å². The van der Waals surface area contributed by atoms with Crippen molar-refractivity contribution in [3.05, 3.63) is 46.4 Å². The molecule has 106 valence electrons. The number of anilines is 1. The number of hydrogen-bond donors (Lipinski definition) is 0. The topological polar surface area (TPSA) is 36.4 Å². The van der Waals surface area contributed by atoms with E-state index < -0.39 is 0 Å². The minimum Gasteiger partial charge on any atom is -0.356 e. The molecule has 5 heteroatoms. The van der Waals surface area contributed by atoms with Crippen LogP contribution in [0, 0.1) is 6.92 Å². The summed E-state index contributed by atoms with van der Waals surface area (Å²) < 4.78 is 0. The normalized spacial score (nSPS) is 10.3. The van der Waals surface area contributed by atoms with Gasteiger partial charge in [0, 0.05) is 25.2 Å². The summed E-state index contributed by atoms with van der Waals surface area (Å²) in [6, 6.07) is 9.97. The van der Waals surface area contributed by atoms with E-state index in [2.05, 4.69) is 9.88 Å². The van der Waals surface area contributed by atoms with Gasteiger partial charge in [-0.05, 0) is 19.1 Å². The minimum absolute atomic E-state index is 0.0841. The second-order valence-electron chi connectivity index (χ2n) is 4.84. The molecular formula is C15H19N3OS. The molecule has 1 heterocycles. The molecule has 0 bridgehead atoms. The van der Waals surface area contributed by atoms with Gasteiger partial charge in [0.05, 0.1) is 23.8 Å². The fourth-order valence-electron chi connectivity index (χ4n) is 1.86. The van der Waals surface area contributed by atoms with Gasteiger partial charge in [-0.15, -0.1) is 11.3 Å². The Morgan fingerprint density at radius 1 is 1.25 bits per heavy atom. The summed E-state index contributed by atoms with van der Waals surface area (Å²) in [6.07, 6.45) is 0. The zero-order chi connectivity index (χ0) is 14.5. The van der Waals surface area contributed by atoms with Crippen molar-refractivity contribution in [1.29, 1.82) is 0 Å². The minimum atomic E-state index is 0.0841. The van der Waals surface area contributed by atoms with E-state index in [-0.39, 0.29) is 5.91 Å². The van der Waals surface area contributed by atoms with Gasteiger partial charge in [0.1, 0.15) is 0 Å². The second-order valence-corrected chi connectivity index (χ2v) is 5.90. The van der Waals surface area contributed by atoms with Crippen molar-refractivity contribution >= 4 is 22.9 Å². The molecule has 1 aromatic carbocycles. The molecule has 0 N–H and O–H groups in total. The first-order chi connectivity index (χ1) is 9.56. The highest BCUT2D eigenvalue weighted by molar-refractivity contribution is 7.09. The van der Waals surface area contributed by atoms with Gasteiger partial charge < -0.3 is 9.80 Å². The van der Waals surface area contributed by atoms with E-state index in [0.29, 0.717) is 13.1 Å². The summed E-state index contributed by atoms with van der Waals surface area (Å²) in [5.74, 6) is 0.0841. The first-order valence-electron chi connectivity index (χ1n) is 6.47. The maximum Gasteiger partial charge on any atom is 0.241 e. The standard InChI is InChI=1S/C15H19N3OS/c1-12-16-13(11-20-12)9-18(10-15(19)17(2)3)14-7-5-4-6-8-14/h4-8,11H,9-10H2,1-3H3. The van der Waals surface area contributed by atoms with Gasteiger partial charge >= 0.3 is 0 Å². The van der Waals surface area contributed by atoms with E-state index in [1.165, 1.54) is 0 Å². The number of hydrogen-bond acceptors (Lipinski definition) is 4. The van der Waals surface area contributed by atoms with Crippen LogP contribution >= 0.6 is 11.3 Å². The number of benzene rings is 1. The van der Waals surface area contributed by atoms with Crippen LogP contribution in [-0.2, 0) is 11.3 Å². The average molecular weight is 289 g/mol. The lowest BCUT2D eigenvalue weighted by Gasteiger charge is -2.25. The predicted molar refractivity (Wildman–Crippen MR) is 83.0 cm³/mol. The Bertz CT molecular complexity index is 566. The van der Waals surface area contributed by atoms with Gasteiger partial charge in [-0.2, -0.15) is 0 Å². The van der Waals surface area contributed by atoms with Crippen molar-refractivity contribution in [1.82, 2.24) is 9.88 Å². The summed E-state index contributed by atoms with van der Waals surface area (Å²) in [6.45, 7) is 2.99. The molecule has 20 heavy (non-hydrogen) atoms. The zero-order valence-corrected chi connectivity index (χ0v) is 12.9. The Morgan fingerprint density at radius 3 is 2.50 bits per heavy atom. The summed E-state index contributed by atoms with van der Waals surface area (Å²) in [5.41, 5.74) is 2.04. The number of nitrogens with zero attached hydrogens (tertiary/aromatic N) is 3. The SMILES string of the molecule is Cc1nc(CN(CC(=O)N(C)C)c2ccccc2)cs1. The number of rotatable bonds is 5. The van der Waals surface area contributed by atoms with Crippen molar-refractivity contribution in [3.63, 3.8) is 0 Å². The average Bonchev–Trinajstić information content (AvgIpc) is 2.84. The molecule has 0 aliphatic carbocycles. The van der Waals surface area contributed by atoms with Gasteiger partial charge in [-0.25, -0.2) is 4.98 Å². The van der Waals surface area contributed by atoms with E-state index in [9.17, 15) is 4.79 Å². The van der Waals surface area contributed by atoms with Gasteiger partial charge in [-0.1, -0.05) is 18.2 Å². The first kappa shape index (κ1) is 14.5. The molecule has 4 nitrogen and oxygen atoms in total. The molecule has 2 rings (SSSR count). The summed E-state index contributed by atoms with van der Waals surface area (Å²) in [4.78, 5) is 20.1. The van der Waals surface area contributed by atoms with Crippen molar-refractivity contribution in [3.8, 4) is 0 Å². The molecule has 0 fully saturated rings. The van der Waals surface area contributed by atoms with Crippen LogP contribution in [0.25, 0.3) is 0 Å². The maximum absolute atomic E-state index is 12.0. The van der Waals surface area contributed by atoms with E-state index in [1.54, 1.807) is 30.3 Å². The van der Waals surface area contributed by atoms with Gasteiger partial charge in [0.25, 0.3) is 0 Å². The van der Waals surface area contributed by atoms with Crippen LogP contribution in [0.2, 0.25) is 0 Å². The highest BCUT2D eigenvalue weighted by Gasteiger charge is 2.14. The van der Waals surface area contributed by atoms with Crippen molar-refractivity contribution in [2.24, 2.45) is 0 Å². The summed E-state index contributed by atoms with van der Waals surface area (Å²) >= 11 is 1.63. The molecule has 0 aliphatic rings. The predicted octanol–water partition coefficient (Wildman–Crippen LogP) is 2.55. The molecule has 0 unspecified atom stereocenters. The Hall–Kier alpha value is -1.88. The largest absolute Gasteiger partial charge is 0.356 e. The molecule has 2 aromatic rings. The number of carbonyl (C=O) groups excluding carboxylic acids is 1. The monoisotopic (exact) mass is 289 g/mol. The van der Waals surface area contributed by atoms with Crippen LogP contribution in [0.5, 0.6) is 0 Å². The lowest BCUT2D eigenvalue weighted by Crippen LogP contribution is -2.36. The first-order valence-corrected chi connectivity index (χ1v) is 7.35. The molecule has 0 spiro atoms. The highest BCUT2D eigenvalue weighted by atomic mass is 32.1. The van der Waals surface area contributed by atoms with Gasteiger partial charge in [0.2, 0.25) is 5.91 Å². The number of thiazole rings is 1. The van der Waals surface area contributed by atoms with Gasteiger partial charge in [0.15, 0.2) is 0 Å². The van der Waals surface area contributed by atoms with Crippen LogP contribution in [0.3, 0.4) is 0 Å². The number of aryl methyl sites for hydroxylation is 1. The molecular weight excluding hydrogens is 270 g/mol. The summed E-state index contributed by atoms with van der Waals surface area (Å²) in [5, 5.41) is 3.10. The smallest absolute Gasteiger partial charge is 0.241 e. The Morgan fingerprint density at radius 2 is 1.95 bits per heavy atom. The molecule has 1 amide bonds. The Labute approximate surface area is 123 Å². The molecule has 0 radical (unpaired) electrons. The third-order valence-corrected chi connectivity index (χ3v) is 3.79. The lowest BCUT2D eigenvalue weighted by molar-refractivity contribution is -0.127. The van der Waals surface area contributed by atoms with Crippen LogP contribution < -0.4 is 4.90 Å². The number of likely N-dealkylation sites (N-methyl/N-ethyl adjacent to an activating group) is 1. The third-order valence-electron chi connectivity index (χ3n) is 2.97. The van der Waals surface area contributed by atoms with Crippen LogP contribution in [0.15, 0.2) is 35.7 Å². The fraction of sp³-hybridized carbons (Fsp3) is 0.333. The fourth-order valence-corrected chi connectivity index (χ4v) is 2.46. The molecule has 0 atom stereocenters. The zero-order valence-electron chi connectivity index (χ0n) is 12.0. The second kappa shape index (κ2) is 6.52.